The Morgan fingerprint density at radius 2 is 1.83 bits per heavy atom. The van der Waals surface area contributed by atoms with Crippen molar-refractivity contribution < 1.29 is 55.5 Å². The van der Waals surface area contributed by atoms with Crippen molar-refractivity contribution in [2.24, 2.45) is 5.73 Å². The highest BCUT2D eigenvalue weighted by Crippen LogP contribution is 2.52. The number of ether oxygens (including phenoxy) is 2. The molecule has 1 aromatic carbocycles. The van der Waals surface area contributed by atoms with Gasteiger partial charge in [0.2, 0.25) is 11.8 Å². The molecule has 4 N–H and O–H groups in total. The summed E-state index contributed by atoms with van der Waals surface area (Å²) in [7, 11) is 2.31. The Hall–Kier alpha value is -2.05. The first kappa shape index (κ1) is 28.5. The molecule has 8 atom stereocenters. The van der Waals surface area contributed by atoms with Gasteiger partial charge in [0.1, 0.15) is 36.3 Å². The Labute approximate surface area is 221 Å². The second kappa shape index (κ2) is 11.6. The molecule has 0 spiro atoms. The van der Waals surface area contributed by atoms with Crippen LogP contribution in [0.3, 0.4) is 0 Å². The van der Waals surface area contributed by atoms with E-state index in [-0.39, 0.29) is 61.1 Å². The van der Waals surface area contributed by atoms with Gasteiger partial charge in [-0.3, -0.25) is 14.4 Å². The van der Waals surface area contributed by atoms with Gasteiger partial charge < -0.3 is 51.8 Å². The maximum Gasteiger partial charge on any atom is 0.316 e. The van der Waals surface area contributed by atoms with Crippen molar-refractivity contribution in [3.8, 4) is 0 Å². The number of aliphatic hydroxyl groups is 2. The van der Waals surface area contributed by atoms with Crippen LogP contribution >= 0.6 is 0 Å². The maximum atomic E-state index is 12.6. The molecule has 0 aliphatic carbocycles. The summed E-state index contributed by atoms with van der Waals surface area (Å²) in [6, 6.07) is 10.2. The maximum absolute atomic E-state index is 12.6. The molecule has 0 aromatic heterocycles. The third-order valence-electron chi connectivity index (χ3n) is 8.02. The number of nitrogens with zero attached hydrogens (tertiary/aromatic N) is 2. The Bertz CT molecular complexity index is 931. The molecular formula is C25H36BrN3O7. The van der Waals surface area contributed by atoms with E-state index < -0.39 is 17.9 Å². The molecular weight excluding hydrogens is 534 g/mol. The van der Waals surface area contributed by atoms with Crippen molar-refractivity contribution in [3.63, 3.8) is 0 Å². The van der Waals surface area contributed by atoms with E-state index in [1.165, 1.54) is 4.90 Å². The highest BCUT2D eigenvalue weighted by atomic mass is 79.9. The Morgan fingerprint density at radius 1 is 1.22 bits per heavy atom. The molecule has 4 saturated heterocycles. The van der Waals surface area contributed by atoms with Gasteiger partial charge in [0, 0.05) is 19.4 Å². The van der Waals surface area contributed by atoms with E-state index in [9.17, 15) is 19.5 Å². The number of quaternary nitrogens is 1. The Morgan fingerprint density at radius 3 is 2.31 bits per heavy atom. The van der Waals surface area contributed by atoms with Crippen molar-refractivity contribution in [3.05, 3.63) is 35.9 Å². The van der Waals surface area contributed by atoms with Crippen LogP contribution in [0.25, 0.3) is 0 Å². The van der Waals surface area contributed by atoms with Crippen LogP contribution in [0.15, 0.2) is 30.3 Å². The van der Waals surface area contributed by atoms with Gasteiger partial charge in [-0.1, -0.05) is 30.3 Å². The van der Waals surface area contributed by atoms with E-state index >= 15 is 0 Å². The van der Waals surface area contributed by atoms with Gasteiger partial charge in [0.25, 0.3) is 0 Å². The number of halogens is 1. The number of hydrogen-bond donors (Lipinski definition) is 3. The fraction of sp³-hybridized carbons (Fsp3) is 0.640. The normalized spacial score (nSPS) is 34.6. The number of aliphatic hydroxyl groups excluding tert-OH is 2. The first-order valence-corrected chi connectivity index (χ1v) is 12.3. The minimum Gasteiger partial charge on any atom is -1.00 e. The van der Waals surface area contributed by atoms with Gasteiger partial charge in [-0.2, -0.15) is 0 Å². The van der Waals surface area contributed by atoms with Crippen molar-refractivity contribution in [1.82, 2.24) is 4.90 Å². The first-order valence-electron chi connectivity index (χ1n) is 12.3. The topological polar surface area (TPSA) is 143 Å². The zero-order valence-corrected chi connectivity index (χ0v) is 22.2. The lowest BCUT2D eigenvalue weighted by Gasteiger charge is -2.47. The average Bonchev–Trinajstić information content (AvgIpc) is 3.51. The SMILES string of the molecule is CC[N+]1(C)[C@@H]2C[C@@H](OC(=O)[C@H](CO)c3ccccc3)C[C@H]1[C@@H]1O[C@@H]12.NC(=O)CN1CC(O)CC1=O.[Br-]. The number of amides is 2. The van der Waals surface area contributed by atoms with Crippen molar-refractivity contribution in [2.45, 2.75) is 68.6 Å². The number of hydrogen-bond acceptors (Lipinski definition) is 7. The fourth-order valence-electron chi connectivity index (χ4n) is 5.96. The van der Waals surface area contributed by atoms with Crippen molar-refractivity contribution >= 4 is 17.8 Å². The quantitative estimate of drug-likeness (QED) is 0.176. The van der Waals surface area contributed by atoms with Gasteiger partial charge in [-0.25, -0.2) is 0 Å². The summed E-state index contributed by atoms with van der Waals surface area (Å²) in [5.74, 6) is -1.66. The number of carbonyl (C=O) groups is 3. The minimum absolute atomic E-state index is 0. The molecule has 4 aliphatic heterocycles. The number of primary amides is 1. The van der Waals surface area contributed by atoms with Crippen LogP contribution in [-0.4, -0.2) is 107 Å². The number of rotatable bonds is 7. The zero-order valence-electron chi connectivity index (χ0n) is 20.7. The lowest BCUT2D eigenvalue weighted by atomic mass is 9.95. The summed E-state index contributed by atoms with van der Waals surface area (Å²) in [6.45, 7) is 3.24. The molecule has 0 saturated carbocycles. The van der Waals surface area contributed by atoms with Crippen LogP contribution in [0.2, 0.25) is 0 Å². The van der Waals surface area contributed by atoms with Gasteiger partial charge in [-0.15, -0.1) is 0 Å². The van der Waals surface area contributed by atoms with E-state index in [1.807, 2.05) is 30.3 Å². The summed E-state index contributed by atoms with van der Waals surface area (Å²) in [5, 5.41) is 18.6. The van der Waals surface area contributed by atoms with E-state index in [2.05, 4.69) is 14.0 Å². The summed E-state index contributed by atoms with van der Waals surface area (Å²) in [5.41, 5.74) is 5.67. The second-order valence-electron chi connectivity index (χ2n) is 10.1. The molecule has 0 radical (unpaired) electrons. The van der Waals surface area contributed by atoms with Gasteiger partial charge in [-0.05, 0) is 12.5 Å². The second-order valence-corrected chi connectivity index (χ2v) is 10.1. The third-order valence-corrected chi connectivity index (χ3v) is 8.02. The van der Waals surface area contributed by atoms with Crippen LogP contribution in [0.5, 0.6) is 0 Å². The first-order chi connectivity index (χ1) is 16.7. The summed E-state index contributed by atoms with van der Waals surface area (Å²) in [6.07, 6.45) is 1.84. The molecule has 200 valence electrons. The highest BCUT2D eigenvalue weighted by Gasteiger charge is 2.71. The zero-order chi connectivity index (χ0) is 25.3. The molecule has 4 aliphatic rings. The van der Waals surface area contributed by atoms with Crippen molar-refractivity contribution in [2.75, 3.05) is 33.3 Å². The Balaban J connectivity index is 0.000000256. The van der Waals surface area contributed by atoms with Gasteiger partial charge in [0.05, 0.1) is 39.3 Å². The van der Waals surface area contributed by atoms with Crippen molar-refractivity contribution in [1.29, 1.82) is 0 Å². The number of nitrogens with two attached hydrogens (primary N) is 1. The van der Waals surface area contributed by atoms with Gasteiger partial charge in [0.15, 0.2) is 0 Å². The smallest absolute Gasteiger partial charge is 0.316 e. The standard InChI is InChI=1S/C19H26NO4.C6H10N2O3.BrH/c1-3-20(2)15-9-13(10-16(20)18-17(15)24-18)23-19(22)14(11-21)12-7-5-4-6-8-12;7-5(10)3-8-2-4(9)1-6(8)11;/h4-8,13-18,21H,3,9-11H2,1-2H3;4,9H,1-3H2,(H2,7,10);1H/q+1;;/p-1/t13-,14-,15-,16+,17-,18+,20?;;/m1../s1. The number of morpholine rings is 1. The number of likely N-dealkylation sites (tertiary alicyclic amines) is 1. The third kappa shape index (κ3) is 5.75. The summed E-state index contributed by atoms with van der Waals surface area (Å²) < 4.78 is 12.7. The number of piperidine rings is 1. The molecule has 5 rings (SSSR count). The number of carbonyl (C=O) groups excluding carboxylic acids is 3. The molecule has 4 heterocycles. The molecule has 4 fully saturated rings. The van der Waals surface area contributed by atoms with E-state index in [1.54, 1.807) is 0 Å². The summed E-state index contributed by atoms with van der Waals surface area (Å²) in [4.78, 5) is 35.1. The van der Waals surface area contributed by atoms with Crippen LogP contribution in [0.4, 0.5) is 0 Å². The monoisotopic (exact) mass is 569 g/mol. The van der Waals surface area contributed by atoms with Crippen LogP contribution in [0, 0.1) is 0 Å². The molecule has 2 amide bonds. The number of epoxide rings is 1. The molecule has 2 unspecified atom stereocenters. The molecule has 10 nitrogen and oxygen atoms in total. The van der Waals surface area contributed by atoms with E-state index in [4.69, 9.17) is 20.3 Å². The highest BCUT2D eigenvalue weighted by molar-refractivity contribution is 5.85. The number of esters is 1. The molecule has 2 bridgehead atoms. The predicted molar refractivity (Wildman–Crippen MR) is 125 cm³/mol. The molecule has 1 aromatic rings. The predicted octanol–water partition coefficient (Wildman–Crippen LogP) is -3.48. The lowest BCUT2D eigenvalue weighted by molar-refractivity contribution is -0.954. The van der Waals surface area contributed by atoms with Crippen LogP contribution < -0.4 is 22.7 Å². The summed E-state index contributed by atoms with van der Waals surface area (Å²) >= 11 is 0. The fourth-order valence-corrected chi connectivity index (χ4v) is 5.96. The van der Waals surface area contributed by atoms with E-state index in [0.717, 1.165) is 29.4 Å². The number of likely N-dealkylation sites (N-methyl/N-ethyl adjacent to an activating group) is 1. The average molecular weight is 570 g/mol. The van der Waals surface area contributed by atoms with Crippen LogP contribution in [-0.2, 0) is 23.9 Å². The Kier molecular flexibility index (Phi) is 9.16. The molecule has 36 heavy (non-hydrogen) atoms. The number of benzene rings is 1. The molecule has 11 heteroatoms. The largest absolute Gasteiger partial charge is 1.00 e. The van der Waals surface area contributed by atoms with Gasteiger partial charge >= 0.3 is 5.97 Å². The number of fused-ring (bicyclic) bond motifs is 5. The van der Waals surface area contributed by atoms with Crippen LogP contribution in [0.1, 0.15) is 37.7 Å². The van der Waals surface area contributed by atoms with E-state index in [0.29, 0.717) is 24.3 Å². The minimum atomic E-state index is -0.637. The number of β-amino-alcohol motifs (C(OH)–C–C–N with tert-alkyl or cyclic N) is 1. The lowest BCUT2D eigenvalue weighted by Crippen LogP contribution is -3.00.